The van der Waals surface area contributed by atoms with Gasteiger partial charge in [0.1, 0.15) is 4.99 Å². The minimum absolute atomic E-state index is 0.139. The second kappa shape index (κ2) is 6.37. The lowest BCUT2D eigenvalue weighted by atomic mass is 10.2. The van der Waals surface area contributed by atoms with Crippen molar-refractivity contribution in [1.82, 2.24) is 4.31 Å². The molecule has 0 saturated carbocycles. The highest BCUT2D eigenvalue weighted by atomic mass is 32.2. The summed E-state index contributed by atoms with van der Waals surface area (Å²) in [5, 5.41) is 9.19. The molecule has 0 radical (unpaired) electrons. The van der Waals surface area contributed by atoms with Gasteiger partial charge in [-0.15, -0.1) is 0 Å². The van der Waals surface area contributed by atoms with E-state index in [2.05, 4.69) is 0 Å². The quantitative estimate of drug-likeness (QED) is 0.760. The van der Waals surface area contributed by atoms with Crippen LogP contribution in [0.25, 0.3) is 0 Å². The van der Waals surface area contributed by atoms with Gasteiger partial charge in [-0.2, -0.15) is 4.31 Å². The highest BCUT2D eigenvalue weighted by Gasteiger charge is 2.33. The first-order valence-electron chi connectivity index (χ1n) is 6.51. The molecule has 0 bridgehead atoms. The molecule has 1 heterocycles. The fourth-order valence-electron chi connectivity index (χ4n) is 2.24. The number of benzene rings is 1. The van der Waals surface area contributed by atoms with E-state index in [-0.39, 0.29) is 35.7 Å². The maximum Gasteiger partial charge on any atom is 0.243 e. The molecule has 0 aliphatic carbocycles. The first-order chi connectivity index (χ1) is 9.84. The van der Waals surface area contributed by atoms with Crippen LogP contribution in [0.3, 0.4) is 0 Å². The molecule has 8 heteroatoms. The molecule has 1 aliphatic heterocycles. The number of aliphatic hydroxyl groups excluding tert-OH is 1. The number of aliphatic hydroxyl groups is 1. The minimum atomic E-state index is -3.62. The van der Waals surface area contributed by atoms with Crippen LogP contribution in [-0.2, 0) is 14.8 Å². The molecule has 0 amide bonds. The normalized spacial score (nSPS) is 23.9. The Morgan fingerprint density at radius 2 is 2.05 bits per heavy atom. The van der Waals surface area contributed by atoms with Gasteiger partial charge in [-0.3, -0.25) is 0 Å². The van der Waals surface area contributed by atoms with E-state index in [1.165, 1.54) is 16.4 Å². The van der Waals surface area contributed by atoms with Crippen molar-refractivity contribution in [3.63, 3.8) is 0 Å². The minimum Gasteiger partial charge on any atom is -0.394 e. The molecular weight excluding hydrogens is 312 g/mol. The average molecular weight is 330 g/mol. The monoisotopic (exact) mass is 330 g/mol. The average Bonchev–Trinajstić information content (AvgIpc) is 2.46. The van der Waals surface area contributed by atoms with E-state index < -0.39 is 16.1 Å². The first kappa shape index (κ1) is 16.3. The van der Waals surface area contributed by atoms with E-state index in [0.29, 0.717) is 5.56 Å². The Hall–Kier alpha value is -1.06. The van der Waals surface area contributed by atoms with E-state index in [1.54, 1.807) is 19.1 Å². The predicted molar refractivity (Wildman–Crippen MR) is 82.5 cm³/mol. The molecule has 2 unspecified atom stereocenters. The van der Waals surface area contributed by atoms with Crippen LogP contribution in [0, 0.1) is 0 Å². The fourth-order valence-corrected chi connectivity index (χ4v) is 3.92. The third kappa shape index (κ3) is 3.58. The van der Waals surface area contributed by atoms with Gasteiger partial charge in [0.15, 0.2) is 0 Å². The molecule has 1 aromatic rings. The van der Waals surface area contributed by atoms with Gasteiger partial charge in [0.05, 0.1) is 23.7 Å². The third-order valence-electron chi connectivity index (χ3n) is 3.27. The summed E-state index contributed by atoms with van der Waals surface area (Å²) in [6, 6.07) is 6.14. The van der Waals surface area contributed by atoms with Crippen molar-refractivity contribution in [3.8, 4) is 0 Å². The Bertz CT molecular complexity index is 616. The largest absolute Gasteiger partial charge is 0.394 e. The lowest BCUT2D eigenvalue weighted by molar-refractivity contribution is -0.0750. The van der Waals surface area contributed by atoms with Crippen LogP contribution in [0.5, 0.6) is 0 Å². The van der Waals surface area contributed by atoms with Crippen LogP contribution < -0.4 is 5.73 Å². The van der Waals surface area contributed by atoms with E-state index in [1.807, 2.05) is 0 Å². The number of morpholine rings is 1. The summed E-state index contributed by atoms with van der Waals surface area (Å²) < 4.78 is 32.0. The number of rotatable bonds is 4. The summed E-state index contributed by atoms with van der Waals surface area (Å²) in [6.45, 7) is 1.97. The van der Waals surface area contributed by atoms with Gasteiger partial charge < -0.3 is 15.6 Å². The summed E-state index contributed by atoms with van der Waals surface area (Å²) in [4.78, 5) is 0.396. The molecule has 1 aliphatic rings. The number of sulfonamides is 1. The molecule has 0 aromatic heterocycles. The second-order valence-electron chi connectivity index (χ2n) is 4.96. The second-order valence-corrected chi connectivity index (χ2v) is 7.34. The number of hydrogen-bond acceptors (Lipinski definition) is 5. The standard InChI is InChI=1S/C13H18N2O4S2/c1-9-6-15(7-11(8-16)19-9)21(17,18)12-4-2-10(3-5-12)13(14)20/h2-5,9,11,16H,6-8H2,1H3,(H2,14,20). The molecule has 1 saturated heterocycles. The Balaban J connectivity index is 2.26. The number of nitrogens with two attached hydrogens (primary N) is 1. The number of hydrogen-bond donors (Lipinski definition) is 2. The molecule has 1 fully saturated rings. The van der Waals surface area contributed by atoms with Crippen LogP contribution in [0.2, 0.25) is 0 Å². The zero-order valence-corrected chi connectivity index (χ0v) is 13.2. The summed E-state index contributed by atoms with van der Waals surface area (Å²) in [6.07, 6.45) is -0.763. The summed E-state index contributed by atoms with van der Waals surface area (Å²) in [7, 11) is -3.62. The summed E-state index contributed by atoms with van der Waals surface area (Å²) in [5.74, 6) is 0. The summed E-state index contributed by atoms with van der Waals surface area (Å²) >= 11 is 4.84. The van der Waals surface area contributed by atoms with Crippen molar-refractivity contribution in [3.05, 3.63) is 29.8 Å². The maximum atomic E-state index is 12.6. The molecule has 2 atom stereocenters. The Labute approximate surface area is 129 Å². The molecule has 6 nitrogen and oxygen atoms in total. The molecule has 3 N–H and O–H groups in total. The lowest BCUT2D eigenvalue weighted by Gasteiger charge is -2.35. The van der Waals surface area contributed by atoms with Gasteiger partial charge in [0.25, 0.3) is 0 Å². The lowest BCUT2D eigenvalue weighted by Crippen LogP contribution is -2.50. The number of thiocarbonyl (C=S) groups is 1. The van der Waals surface area contributed by atoms with Crippen LogP contribution in [-0.4, -0.2) is 54.7 Å². The van der Waals surface area contributed by atoms with Crippen molar-refractivity contribution in [1.29, 1.82) is 0 Å². The zero-order valence-electron chi connectivity index (χ0n) is 11.6. The van der Waals surface area contributed by atoms with Crippen molar-refractivity contribution in [2.24, 2.45) is 5.73 Å². The van der Waals surface area contributed by atoms with E-state index in [4.69, 9.17) is 22.7 Å². The molecule has 1 aromatic carbocycles. The Morgan fingerprint density at radius 1 is 1.43 bits per heavy atom. The van der Waals surface area contributed by atoms with Crippen molar-refractivity contribution in [2.75, 3.05) is 19.7 Å². The Morgan fingerprint density at radius 3 is 2.57 bits per heavy atom. The van der Waals surface area contributed by atoms with E-state index in [9.17, 15) is 13.5 Å². The van der Waals surface area contributed by atoms with Gasteiger partial charge in [0.2, 0.25) is 10.0 Å². The summed E-state index contributed by atoms with van der Waals surface area (Å²) in [5.41, 5.74) is 6.12. The Kier molecular flexibility index (Phi) is 4.95. The molecule has 21 heavy (non-hydrogen) atoms. The van der Waals surface area contributed by atoms with Crippen molar-refractivity contribution in [2.45, 2.75) is 24.0 Å². The molecule has 116 valence electrons. The predicted octanol–water partition coefficient (Wildman–Crippen LogP) is 0.0911. The van der Waals surface area contributed by atoms with Gasteiger partial charge in [-0.05, 0) is 19.1 Å². The van der Waals surface area contributed by atoms with Crippen molar-refractivity contribution < 1.29 is 18.3 Å². The van der Waals surface area contributed by atoms with Crippen LogP contribution in [0.15, 0.2) is 29.2 Å². The van der Waals surface area contributed by atoms with Gasteiger partial charge in [-0.25, -0.2) is 8.42 Å². The number of nitrogens with zero attached hydrogens (tertiary/aromatic N) is 1. The molecule has 0 spiro atoms. The number of ether oxygens (including phenoxy) is 1. The first-order valence-corrected chi connectivity index (χ1v) is 8.35. The highest BCUT2D eigenvalue weighted by molar-refractivity contribution is 7.89. The fraction of sp³-hybridized carbons (Fsp3) is 0.462. The van der Waals surface area contributed by atoms with E-state index in [0.717, 1.165) is 0 Å². The van der Waals surface area contributed by atoms with Gasteiger partial charge >= 0.3 is 0 Å². The molecular formula is C13H18N2O4S2. The smallest absolute Gasteiger partial charge is 0.243 e. The van der Waals surface area contributed by atoms with Crippen molar-refractivity contribution >= 4 is 27.2 Å². The molecule has 2 rings (SSSR count). The van der Waals surface area contributed by atoms with Gasteiger partial charge in [0, 0.05) is 18.7 Å². The van der Waals surface area contributed by atoms with E-state index >= 15 is 0 Å². The van der Waals surface area contributed by atoms with Crippen LogP contribution in [0.1, 0.15) is 12.5 Å². The zero-order chi connectivity index (χ0) is 15.6. The van der Waals surface area contributed by atoms with Gasteiger partial charge in [-0.1, -0.05) is 24.4 Å². The topological polar surface area (TPSA) is 92.9 Å². The SMILES string of the molecule is CC1CN(S(=O)(=O)c2ccc(C(N)=S)cc2)CC(CO)O1. The van der Waals surface area contributed by atoms with Crippen LogP contribution >= 0.6 is 12.2 Å². The van der Waals surface area contributed by atoms with Crippen LogP contribution in [0.4, 0.5) is 0 Å². The highest BCUT2D eigenvalue weighted by Crippen LogP contribution is 2.21. The third-order valence-corrected chi connectivity index (χ3v) is 5.35. The maximum absolute atomic E-state index is 12.6.